The molecule has 0 spiro atoms. The standard InChI is InChI=1S/C18H19N3O3S/c1-3-25-18-20-16-15(17(23)21-18)14(12-8-7-9(2)24-12)13-10(19-16)5-4-6-11(13)22/h7-8,14H,3-6H2,1-2H3,(H2,19,20,21,23)/t14-/m0/s1. The molecule has 6 nitrogen and oxygen atoms in total. The number of allylic oxidation sites excluding steroid dienone is 2. The van der Waals surface area contributed by atoms with Gasteiger partial charge in [0, 0.05) is 17.7 Å². The average molecular weight is 357 g/mol. The zero-order chi connectivity index (χ0) is 17.6. The van der Waals surface area contributed by atoms with Crippen LogP contribution in [0.2, 0.25) is 0 Å². The summed E-state index contributed by atoms with van der Waals surface area (Å²) < 4.78 is 5.81. The highest BCUT2D eigenvalue weighted by Crippen LogP contribution is 2.43. The van der Waals surface area contributed by atoms with Crippen LogP contribution in [0.15, 0.2) is 37.8 Å². The molecule has 2 aromatic heterocycles. The minimum absolute atomic E-state index is 0.0739. The molecule has 0 aromatic carbocycles. The quantitative estimate of drug-likeness (QED) is 0.647. The fourth-order valence-corrected chi connectivity index (χ4v) is 4.13. The van der Waals surface area contributed by atoms with Crippen LogP contribution in [0.1, 0.15) is 49.2 Å². The highest BCUT2D eigenvalue weighted by molar-refractivity contribution is 7.99. The van der Waals surface area contributed by atoms with E-state index in [4.69, 9.17) is 4.42 Å². The Labute approximate surface area is 149 Å². The zero-order valence-corrected chi connectivity index (χ0v) is 15.0. The Balaban J connectivity index is 1.94. The van der Waals surface area contributed by atoms with Gasteiger partial charge >= 0.3 is 0 Å². The number of aromatic nitrogens is 2. The molecule has 2 N–H and O–H groups in total. The van der Waals surface area contributed by atoms with Crippen molar-refractivity contribution < 1.29 is 9.21 Å². The summed E-state index contributed by atoms with van der Waals surface area (Å²) in [6.07, 6.45) is 2.09. The summed E-state index contributed by atoms with van der Waals surface area (Å²) in [7, 11) is 0. The maximum atomic E-state index is 12.8. The van der Waals surface area contributed by atoms with Crippen LogP contribution in [0.3, 0.4) is 0 Å². The van der Waals surface area contributed by atoms with Gasteiger partial charge in [0.2, 0.25) is 0 Å². The molecular formula is C18H19N3O3S. The van der Waals surface area contributed by atoms with Crippen LogP contribution in [-0.4, -0.2) is 21.5 Å². The molecule has 0 bridgehead atoms. The number of H-pyrrole nitrogens is 1. The number of hydrogen-bond acceptors (Lipinski definition) is 6. The molecule has 1 aliphatic carbocycles. The lowest BCUT2D eigenvalue weighted by molar-refractivity contribution is -0.116. The minimum atomic E-state index is -0.496. The summed E-state index contributed by atoms with van der Waals surface area (Å²) in [6, 6.07) is 3.70. The second kappa shape index (κ2) is 6.22. The fraction of sp³-hybridized carbons (Fsp3) is 0.389. The largest absolute Gasteiger partial charge is 0.465 e. The summed E-state index contributed by atoms with van der Waals surface area (Å²) in [4.78, 5) is 32.8. The monoisotopic (exact) mass is 357 g/mol. The summed E-state index contributed by atoms with van der Waals surface area (Å²) >= 11 is 1.48. The first kappa shape index (κ1) is 16.2. The molecule has 0 unspecified atom stereocenters. The second-order valence-corrected chi connectivity index (χ2v) is 7.49. The molecular weight excluding hydrogens is 338 g/mol. The van der Waals surface area contributed by atoms with Crippen LogP contribution in [0.5, 0.6) is 0 Å². The van der Waals surface area contributed by atoms with E-state index in [-0.39, 0.29) is 11.3 Å². The lowest BCUT2D eigenvalue weighted by Crippen LogP contribution is -2.32. The first-order chi connectivity index (χ1) is 12.1. The molecule has 130 valence electrons. The van der Waals surface area contributed by atoms with Crippen LogP contribution in [0.25, 0.3) is 0 Å². The maximum absolute atomic E-state index is 12.8. The lowest BCUT2D eigenvalue weighted by Gasteiger charge is -2.31. The van der Waals surface area contributed by atoms with E-state index in [1.807, 2.05) is 26.0 Å². The van der Waals surface area contributed by atoms with E-state index < -0.39 is 5.92 Å². The van der Waals surface area contributed by atoms with Gasteiger partial charge in [0.25, 0.3) is 5.56 Å². The van der Waals surface area contributed by atoms with Gasteiger partial charge in [-0.1, -0.05) is 18.7 Å². The number of anilines is 1. The Kier molecular flexibility index (Phi) is 4.03. The number of carbonyl (C=O) groups is 1. The number of nitrogens with one attached hydrogen (secondary N) is 2. The van der Waals surface area contributed by atoms with Crippen molar-refractivity contribution in [2.45, 2.75) is 44.2 Å². The molecule has 0 saturated carbocycles. The van der Waals surface area contributed by atoms with Gasteiger partial charge in [-0.25, -0.2) is 4.98 Å². The molecule has 4 rings (SSSR count). The number of rotatable bonds is 3. The molecule has 0 fully saturated rings. The first-order valence-corrected chi connectivity index (χ1v) is 9.43. The van der Waals surface area contributed by atoms with Crippen molar-refractivity contribution in [2.75, 3.05) is 11.1 Å². The smallest absolute Gasteiger partial charge is 0.257 e. The van der Waals surface area contributed by atoms with E-state index in [9.17, 15) is 9.59 Å². The number of furan rings is 1. The van der Waals surface area contributed by atoms with E-state index in [2.05, 4.69) is 15.3 Å². The highest BCUT2D eigenvalue weighted by Gasteiger charge is 2.39. The number of ketones is 1. The summed E-state index contributed by atoms with van der Waals surface area (Å²) in [5, 5.41) is 3.83. The molecule has 0 saturated heterocycles. The predicted octanol–water partition coefficient (Wildman–Crippen LogP) is 3.35. The average Bonchev–Trinajstić information content (AvgIpc) is 3.00. The summed E-state index contributed by atoms with van der Waals surface area (Å²) in [5.74, 6) is 2.30. The van der Waals surface area contributed by atoms with Gasteiger partial charge in [-0.2, -0.15) is 0 Å². The van der Waals surface area contributed by atoms with E-state index in [1.165, 1.54) is 11.8 Å². The molecule has 7 heteroatoms. The number of aryl methyl sites for hydroxylation is 1. The van der Waals surface area contributed by atoms with Crippen molar-refractivity contribution in [1.29, 1.82) is 0 Å². The van der Waals surface area contributed by atoms with Crippen LogP contribution >= 0.6 is 11.8 Å². The lowest BCUT2D eigenvalue weighted by atomic mass is 9.79. The third-order valence-corrected chi connectivity index (χ3v) is 5.32. The number of carbonyl (C=O) groups excluding carboxylic acids is 1. The van der Waals surface area contributed by atoms with Gasteiger partial charge in [-0.05, 0) is 37.7 Å². The number of aromatic amines is 1. The fourth-order valence-electron chi connectivity index (χ4n) is 3.54. The van der Waals surface area contributed by atoms with E-state index in [0.717, 1.165) is 30.1 Å². The predicted molar refractivity (Wildman–Crippen MR) is 96.1 cm³/mol. The van der Waals surface area contributed by atoms with Crippen molar-refractivity contribution in [1.82, 2.24) is 9.97 Å². The van der Waals surface area contributed by atoms with Crippen LogP contribution in [-0.2, 0) is 4.79 Å². The SMILES string of the molecule is CCSc1nc2c(c(=O)[nH]1)[C@@H](c1ccc(C)o1)C1=C(CCCC1=O)N2. The van der Waals surface area contributed by atoms with Gasteiger partial charge in [0.05, 0.1) is 11.5 Å². The van der Waals surface area contributed by atoms with Crippen molar-refractivity contribution >= 4 is 23.4 Å². The zero-order valence-electron chi connectivity index (χ0n) is 14.1. The molecule has 2 aliphatic rings. The third-order valence-electron chi connectivity index (χ3n) is 4.56. The van der Waals surface area contributed by atoms with Crippen molar-refractivity contribution in [3.8, 4) is 0 Å². The molecule has 1 aliphatic heterocycles. The van der Waals surface area contributed by atoms with Gasteiger partial charge in [-0.15, -0.1) is 0 Å². The van der Waals surface area contributed by atoms with Crippen molar-refractivity contribution in [3.63, 3.8) is 0 Å². The molecule has 25 heavy (non-hydrogen) atoms. The first-order valence-electron chi connectivity index (χ1n) is 8.45. The molecule has 0 amide bonds. The summed E-state index contributed by atoms with van der Waals surface area (Å²) in [5.41, 5.74) is 1.76. The highest BCUT2D eigenvalue weighted by atomic mass is 32.2. The second-order valence-electron chi connectivity index (χ2n) is 6.24. The Morgan fingerprint density at radius 2 is 2.16 bits per heavy atom. The van der Waals surface area contributed by atoms with Gasteiger partial charge in [-0.3, -0.25) is 9.59 Å². The van der Waals surface area contributed by atoms with Crippen LogP contribution < -0.4 is 10.9 Å². The van der Waals surface area contributed by atoms with E-state index >= 15 is 0 Å². The van der Waals surface area contributed by atoms with Gasteiger partial charge in [0.1, 0.15) is 17.3 Å². The third kappa shape index (κ3) is 2.72. The van der Waals surface area contributed by atoms with Crippen molar-refractivity contribution in [2.24, 2.45) is 0 Å². The summed E-state index contributed by atoms with van der Waals surface area (Å²) in [6.45, 7) is 3.86. The Hall–Kier alpha value is -2.28. The minimum Gasteiger partial charge on any atom is -0.465 e. The number of Topliss-reactive ketones (excluding diaryl/α,β-unsaturated/α-hetero) is 1. The van der Waals surface area contributed by atoms with E-state index in [0.29, 0.717) is 34.3 Å². The Morgan fingerprint density at radius 3 is 2.88 bits per heavy atom. The van der Waals surface area contributed by atoms with E-state index in [1.54, 1.807) is 0 Å². The Bertz CT molecular complexity index is 941. The molecule has 0 radical (unpaired) electrons. The number of hydrogen-bond donors (Lipinski definition) is 2. The Morgan fingerprint density at radius 1 is 1.32 bits per heavy atom. The normalized spacial score (nSPS) is 19.4. The number of fused-ring (bicyclic) bond motifs is 1. The van der Waals surface area contributed by atoms with Crippen molar-refractivity contribution in [3.05, 3.63) is 50.8 Å². The molecule has 3 heterocycles. The van der Waals surface area contributed by atoms with Gasteiger partial charge < -0.3 is 14.7 Å². The molecule has 2 aromatic rings. The topological polar surface area (TPSA) is 88.0 Å². The van der Waals surface area contributed by atoms with Crippen LogP contribution in [0.4, 0.5) is 5.82 Å². The molecule has 1 atom stereocenters. The number of nitrogens with zero attached hydrogens (tertiary/aromatic N) is 1. The number of thioether (sulfide) groups is 1. The van der Waals surface area contributed by atoms with Crippen LogP contribution in [0, 0.1) is 6.92 Å². The maximum Gasteiger partial charge on any atom is 0.257 e. The van der Waals surface area contributed by atoms with Gasteiger partial charge in [0.15, 0.2) is 10.9 Å².